The number of nitrogens with zero attached hydrogens (tertiary/aromatic N) is 4. The zero-order valence-electron chi connectivity index (χ0n) is 9.59. The second-order valence-electron chi connectivity index (χ2n) is 3.89. The Morgan fingerprint density at radius 1 is 1.39 bits per heavy atom. The van der Waals surface area contributed by atoms with Gasteiger partial charge in [0.1, 0.15) is 17.1 Å². The first-order valence-electron chi connectivity index (χ1n) is 5.32. The van der Waals surface area contributed by atoms with Crippen LogP contribution in [-0.2, 0) is 13.5 Å². The number of fused-ring (bicyclic) bond motifs is 1. The van der Waals surface area contributed by atoms with E-state index in [9.17, 15) is 0 Å². The Kier molecular flexibility index (Phi) is 2.45. The van der Waals surface area contributed by atoms with Gasteiger partial charge in [-0.3, -0.25) is 0 Å². The molecule has 3 aromatic heterocycles. The average Bonchev–Trinajstić information content (AvgIpc) is 2.88. The van der Waals surface area contributed by atoms with Gasteiger partial charge in [0.25, 0.3) is 0 Å². The summed E-state index contributed by atoms with van der Waals surface area (Å²) < 4.78 is 7.15. The molecule has 0 radical (unpaired) electrons. The highest BCUT2D eigenvalue weighted by Crippen LogP contribution is 2.21. The van der Waals surface area contributed by atoms with Crippen molar-refractivity contribution in [3.05, 3.63) is 35.3 Å². The lowest BCUT2D eigenvalue weighted by molar-refractivity contribution is 0.515. The topological polar surface area (TPSA) is 82.8 Å². The Bertz CT molecular complexity index is 704. The number of anilines is 1. The molecule has 0 aliphatic heterocycles. The number of nitrogens with two attached hydrogens (primary N) is 1. The van der Waals surface area contributed by atoms with E-state index in [1.165, 1.54) is 0 Å². The minimum atomic E-state index is 0.0997. The second kappa shape index (κ2) is 3.99. The van der Waals surface area contributed by atoms with Gasteiger partial charge in [-0.25, -0.2) is 4.98 Å². The molecule has 0 aromatic carbocycles. The molecule has 3 heterocycles. The van der Waals surface area contributed by atoms with Crippen LogP contribution >= 0.6 is 11.6 Å². The van der Waals surface area contributed by atoms with E-state index in [2.05, 4.69) is 15.0 Å². The number of furan rings is 1. The molecule has 0 saturated heterocycles. The number of aryl methyl sites for hydroxylation is 1. The quantitative estimate of drug-likeness (QED) is 0.713. The predicted octanol–water partition coefficient (Wildman–Crippen LogP) is 1.78. The van der Waals surface area contributed by atoms with Crippen LogP contribution < -0.4 is 5.73 Å². The second-order valence-corrected chi connectivity index (χ2v) is 4.23. The SMILES string of the molecule is Cn1c(Cc2ccco2)nc2nc(Cl)nc(N)c21. The summed E-state index contributed by atoms with van der Waals surface area (Å²) in [6.45, 7) is 0. The normalized spacial score (nSPS) is 11.2. The molecule has 3 aromatic rings. The monoisotopic (exact) mass is 263 g/mol. The molecule has 0 unspecified atom stereocenters. The fourth-order valence-electron chi connectivity index (χ4n) is 1.89. The summed E-state index contributed by atoms with van der Waals surface area (Å²) in [5.41, 5.74) is 7.00. The first kappa shape index (κ1) is 11.0. The van der Waals surface area contributed by atoms with Crippen molar-refractivity contribution >= 4 is 28.6 Å². The van der Waals surface area contributed by atoms with E-state index in [4.69, 9.17) is 21.8 Å². The highest BCUT2D eigenvalue weighted by Gasteiger charge is 2.14. The van der Waals surface area contributed by atoms with E-state index in [0.29, 0.717) is 23.4 Å². The Morgan fingerprint density at radius 3 is 2.94 bits per heavy atom. The van der Waals surface area contributed by atoms with Gasteiger partial charge >= 0.3 is 0 Å². The van der Waals surface area contributed by atoms with E-state index in [1.54, 1.807) is 6.26 Å². The van der Waals surface area contributed by atoms with Gasteiger partial charge in [-0.1, -0.05) is 0 Å². The number of halogens is 1. The summed E-state index contributed by atoms with van der Waals surface area (Å²) in [7, 11) is 1.86. The molecular weight excluding hydrogens is 254 g/mol. The Balaban J connectivity index is 2.14. The fourth-order valence-corrected chi connectivity index (χ4v) is 2.06. The van der Waals surface area contributed by atoms with Gasteiger partial charge in [-0.2, -0.15) is 9.97 Å². The highest BCUT2D eigenvalue weighted by molar-refractivity contribution is 6.28. The summed E-state index contributed by atoms with van der Waals surface area (Å²) in [6, 6.07) is 3.73. The third kappa shape index (κ3) is 1.70. The van der Waals surface area contributed by atoms with Gasteiger partial charge in [-0.05, 0) is 23.7 Å². The maximum Gasteiger partial charge on any atom is 0.226 e. The predicted molar refractivity (Wildman–Crippen MR) is 67.2 cm³/mol. The molecular formula is C11H10ClN5O. The molecule has 2 N–H and O–H groups in total. The number of aromatic nitrogens is 4. The zero-order chi connectivity index (χ0) is 12.7. The van der Waals surface area contributed by atoms with Gasteiger partial charge in [0, 0.05) is 7.05 Å². The average molecular weight is 264 g/mol. The van der Waals surface area contributed by atoms with Crippen LogP contribution in [0.2, 0.25) is 5.28 Å². The molecule has 7 heteroatoms. The molecule has 18 heavy (non-hydrogen) atoms. The van der Waals surface area contributed by atoms with Crippen molar-refractivity contribution in [3.63, 3.8) is 0 Å². The van der Waals surface area contributed by atoms with Crippen molar-refractivity contribution < 1.29 is 4.42 Å². The van der Waals surface area contributed by atoms with Crippen LogP contribution in [0, 0.1) is 0 Å². The van der Waals surface area contributed by atoms with E-state index in [-0.39, 0.29) is 5.28 Å². The number of hydrogen-bond acceptors (Lipinski definition) is 5. The minimum absolute atomic E-state index is 0.0997. The lowest BCUT2D eigenvalue weighted by Crippen LogP contribution is -2.01. The van der Waals surface area contributed by atoms with Crippen LogP contribution in [0.25, 0.3) is 11.2 Å². The van der Waals surface area contributed by atoms with Crippen LogP contribution in [0.4, 0.5) is 5.82 Å². The zero-order valence-corrected chi connectivity index (χ0v) is 10.3. The molecule has 0 spiro atoms. The molecule has 0 fully saturated rings. The van der Waals surface area contributed by atoms with Crippen molar-refractivity contribution in [2.45, 2.75) is 6.42 Å². The molecule has 0 aliphatic rings. The van der Waals surface area contributed by atoms with Crippen molar-refractivity contribution in [2.24, 2.45) is 7.05 Å². The smallest absolute Gasteiger partial charge is 0.226 e. The van der Waals surface area contributed by atoms with E-state index >= 15 is 0 Å². The molecule has 0 aliphatic carbocycles. The molecule has 0 amide bonds. The number of rotatable bonds is 2. The van der Waals surface area contributed by atoms with Crippen LogP contribution in [-0.4, -0.2) is 19.5 Å². The molecule has 0 saturated carbocycles. The van der Waals surface area contributed by atoms with Crippen LogP contribution in [0.15, 0.2) is 22.8 Å². The maximum atomic E-state index is 5.82. The first-order valence-corrected chi connectivity index (χ1v) is 5.69. The lowest BCUT2D eigenvalue weighted by Gasteiger charge is -2.01. The summed E-state index contributed by atoms with van der Waals surface area (Å²) in [5.74, 6) is 1.94. The van der Waals surface area contributed by atoms with E-state index in [1.807, 2.05) is 23.7 Å². The van der Waals surface area contributed by atoms with Crippen molar-refractivity contribution in [2.75, 3.05) is 5.73 Å². The largest absolute Gasteiger partial charge is 0.469 e. The van der Waals surface area contributed by atoms with Gasteiger partial charge in [0.05, 0.1) is 12.7 Å². The number of hydrogen-bond donors (Lipinski definition) is 1. The Labute approximate surface area is 107 Å². The van der Waals surface area contributed by atoms with Gasteiger partial charge in [0.15, 0.2) is 11.5 Å². The van der Waals surface area contributed by atoms with Crippen molar-refractivity contribution in [1.82, 2.24) is 19.5 Å². The van der Waals surface area contributed by atoms with E-state index < -0.39 is 0 Å². The van der Waals surface area contributed by atoms with Gasteiger partial charge < -0.3 is 14.7 Å². The van der Waals surface area contributed by atoms with Crippen LogP contribution in [0.1, 0.15) is 11.6 Å². The Morgan fingerprint density at radius 2 is 2.22 bits per heavy atom. The minimum Gasteiger partial charge on any atom is -0.469 e. The third-order valence-electron chi connectivity index (χ3n) is 2.74. The highest BCUT2D eigenvalue weighted by atomic mass is 35.5. The lowest BCUT2D eigenvalue weighted by atomic mass is 10.3. The summed E-state index contributed by atoms with van der Waals surface area (Å²) in [6.07, 6.45) is 2.19. The Hall–Kier alpha value is -2.08. The number of imidazole rings is 1. The van der Waals surface area contributed by atoms with Gasteiger partial charge in [0.2, 0.25) is 5.28 Å². The van der Waals surface area contributed by atoms with Crippen molar-refractivity contribution in [1.29, 1.82) is 0 Å². The fraction of sp³-hybridized carbons (Fsp3) is 0.182. The van der Waals surface area contributed by atoms with E-state index in [0.717, 1.165) is 11.6 Å². The number of nitrogen functional groups attached to an aromatic ring is 1. The van der Waals surface area contributed by atoms with Crippen LogP contribution in [0.3, 0.4) is 0 Å². The van der Waals surface area contributed by atoms with Gasteiger partial charge in [-0.15, -0.1) is 0 Å². The summed E-state index contributed by atoms with van der Waals surface area (Å²) in [5, 5.41) is 0.0997. The molecule has 92 valence electrons. The van der Waals surface area contributed by atoms with Crippen molar-refractivity contribution in [3.8, 4) is 0 Å². The first-order chi connectivity index (χ1) is 8.65. The molecule has 0 bridgehead atoms. The molecule has 0 atom stereocenters. The summed E-state index contributed by atoms with van der Waals surface area (Å²) in [4.78, 5) is 12.4. The molecule has 6 nitrogen and oxygen atoms in total. The summed E-state index contributed by atoms with van der Waals surface area (Å²) >= 11 is 5.76. The third-order valence-corrected chi connectivity index (χ3v) is 2.90. The molecule has 3 rings (SSSR count). The standard InChI is InChI=1S/C11H10ClN5O/c1-17-7(5-6-3-2-4-18-6)14-10-8(17)9(13)15-11(12)16-10/h2-4H,5H2,1H3,(H2,13,15,16). The maximum absolute atomic E-state index is 5.82. The van der Waals surface area contributed by atoms with Crippen LogP contribution in [0.5, 0.6) is 0 Å².